The maximum absolute atomic E-state index is 12.6. The minimum Gasteiger partial charge on any atom is -0.376 e. The summed E-state index contributed by atoms with van der Waals surface area (Å²) in [6, 6.07) is 9.06. The first-order valence-corrected chi connectivity index (χ1v) is 10.3. The van der Waals surface area contributed by atoms with Gasteiger partial charge in [-0.25, -0.2) is 9.97 Å². The number of amides is 2. The predicted octanol–water partition coefficient (Wildman–Crippen LogP) is 2.93. The third kappa shape index (κ3) is 3.91. The van der Waals surface area contributed by atoms with E-state index in [4.69, 9.17) is 4.74 Å². The van der Waals surface area contributed by atoms with E-state index in [1.54, 1.807) is 42.9 Å². The summed E-state index contributed by atoms with van der Waals surface area (Å²) in [5, 5.41) is 5.73. The second kappa shape index (κ2) is 7.87. The van der Waals surface area contributed by atoms with E-state index >= 15 is 0 Å². The molecule has 8 heteroatoms. The zero-order valence-electron chi connectivity index (χ0n) is 16.5. The molecule has 2 aliphatic rings. The van der Waals surface area contributed by atoms with Crippen molar-refractivity contribution in [1.82, 2.24) is 19.9 Å². The number of fused-ring (bicyclic) bond motifs is 1. The Balaban J connectivity index is 1.21. The first-order valence-electron chi connectivity index (χ1n) is 10.3. The normalized spacial score (nSPS) is 18.5. The van der Waals surface area contributed by atoms with Gasteiger partial charge in [0, 0.05) is 36.6 Å². The van der Waals surface area contributed by atoms with E-state index in [-0.39, 0.29) is 17.9 Å². The first kappa shape index (κ1) is 18.7. The molecule has 1 unspecified atom stereocenters. The molecule has 2 amide bonds. The Morgan fingerprint density at radius 3 is 2.63 bits per heavy atom. The van der Waals surface area contributed by atoms with Gasteiger partial charge in [0.1, 0.15) is 5.52 Å². The van der Waals surface area contributed by atoms with Crippen LogP contribution in [0, 0.1) is 0 Å². The van der Waals surface area contributed by atoms with E-state index in [0.717, 1.165) is 37.9 Å². The van der Waals surface area contributed by atoms with Crippen LogP contribution in [0.2, 0.25) is 0 Å². The van der Waals surface area contributed by atoms with Crippen molar-refractivity contribution in [3.63, 3.8) is 0 Å². The molecule has 30 heavy (non-hydrogen) atoms. The number of pyridine rings is 1. The molecule has 1 saturated carbocycles. The molecule has 1 aromatic carbocycles. The zero-order chi connectivity index (χ0) is 20.5. The highest BCUT2D eigenvalue weighted by Crippen LogP contribution is 2.36. The van der Waals surface area contributed by atoms with Gasteiger partial charge >= 0.3 is 0 Å². The number of hydrogen-bond acceptors (Lipinski definition) is 5. The van der Waals surface area contributed by atoms with Crippen LogP contribution in [0.15, 0.2) is 42.9 Å². The minimum atomic E-state index is -0.263. The van der Waals surface area contributed by atoms with Crippen molar-refractivity contribution in [2.45, 2.75) is 37.8 Å². The molecule has 8 nitrogen and oxygen atoms in total. The lowest BCUT2D eigenvalue weighted by molar-refractivity contribution is 0.0857. The maximum atomic E-state index is 12.6. The number of carbonyl (C=O) groups is 2. The van der Waals surface area contributed by atoms with Crippen LogP contribution in [0.3, 0.4) is 0 Å². The van der Waals surface area contributed by atoms with E-state index in [9.17, 15) is 9.59 Å². The van der Waals surface area contributed by atoms with E-state index in [0.29, 0.717) is 34.9 Å². The number of imidazole rings is 1. The average molecular weight is 405 g/mol. The number of rotatable bonds is 6. The molecule has 1 aliphatic heterocycles. The van der Waals surface area contributed by atoms with Crippen molar-refractivity contribution in [3.8, 4) is 0 Å². The number of nitrogens with one attached hydrogen (secondary N) is 2. The van der Waals surface area contributed by atoms with Gasteiger partial charge in [0.2, 0.25) is 0 Å². The molecule has 3 heterocycles. The van der Waals surface area contributed by atoms with Gasteiger partial charge in [-0.15, -0.1) is 0 Å². The Morgan fingerprint density at radius 1 is 1.07 bits per heavy atom. The summed E-state index contributed by atoms with van der Waals surface area (Å²) >= 11 is 0. The van der Waals surface area contributed by atoms with Gasteiger partial charge in [0.25, 0.3) is 11.8 Å². The van der Waals surface area contributed by atoms with Crippen molar-refractivity contribution in [1.29, 1.82) is 0 Å². The summed E-state index contributed by atoms with van der Waals surface area (Å²) in [6.07, 6.45) is 7.79. The van der Waals surface area contributed by atoms with Crippen LogP contribution in [-0.2, 0) is 4.74 Å². The van der Waals surface area contributed by atoms with E-state index < -0.39 is 0 Å². The topological polar surface area (TPSA) is 98.1 Å². The third-order valence-electron chi connectivity index (χ3n) is 5.53. The number of hydrogen-bond donors (Lipinski definition) is 2. The molecule has 0 bridgehead atoms. The predicted molar refractivity (Wildman–Crippen MR) is 112 cm³/mol. The standard InChI is InChI=1S/C22H23N5O3/c28-21(24-12-18-2-1-9-30-18)14-3-5-16(6-4-14)26-22(29)15-10-19-20(23-11-15)27(13-25-19)17-7-8-17/h3-6,10-11,13,17-18H,1-2,7-9,12H2,(H,24,28)(H,26,29). The average Bonchev–Trinajstić information content (AvgIpc) is 3.31. The summed E-state index contributed by atoms with van der Waals surface area (Å²) in [4.78, 5) is 33.7. The molecule has 1 saturated heterocycles. The van der Waals surface area contributed by atoms with Crippen LogP contribution in [0.5, 0.6) is 0 Å². The summed E-state index contributed by atoms with van der Waals surface area (Å²) < 4.78 is 7.58. The van der Waals surface area contributed by atoms with Gasteiger partial charge in [-0.05, 0) is 56.0 Å². The van der Waals surface area contributed by atoms with Crippen LogP contribution in [0.4, 0.5) is 5.69 Å². The highest BCUT2D eigenvalue weighted by molar-refractivity contribution is 6.05. The Kier molecular flexibility index (Phi) is 4.92. The first-order chi connectivity index (χ1) is 14.7. The molecule has 2 fully saturated rings. The van der Waals surface area contributed by atoms with Gasteiger partial charge in [0.05, 0.1) is 18.0 Å². The monoisotopic (exact) mass is 405 g/mol. The lowest BCUT2D eigenvalue weighted by Crippen LogP contribution is -2.31. The Bertz CT molecular complexity index is 1080. The quantitative estimate of drug-likeness (QED) is 0.657. The molecule has 2 aromatic heterocycles. The molecular formula is C22H23N5O3. The molecule has 1 aliphatic carbocycles. The second-order valence-electron chi connectivity index (χ2n) is 7.83. The number of carbonyl (C=O) groups excluding carboxylic acids is 2. The van der Waals surface area contributed by atoms with Crippen LogP contribution in [-0.4, -0.2) is 45.6 Å². The lowest BCUT2D eigenvalue weighted by atomic mass is 10.1. The van der Waals surface area contributed by atoms with Crippen molar-refractivity contribution >= 4 is 28.7 Å². The molecule has 0 radical (unpaired) electrons. The highest BCUT2D eigenvalue weighted by atomic mass is 16.5. The fraction of sp³-hybridized carbons (Fsp3) is 0.364. The molecule has 1 atom stereocenters. The van der Waals surface area contributed by atoms with Crippen LogP contribution in [0.25, 0.3) is 11.2 Å². The minimum absolute atomic E-state index is 0.106. The SMILES string of the molecule is O=C(NCC1CCCO1)c1ccc(NC(=O)c2cnc3c(c2)ncn3C2CC2)cc1. The van der Waals surface area contributed by atoms with Crippen LogP contribution in [0.1, 0.15) is 52.4 Å². The molecule has 3 aromatic rings. The largest absolute Gasteiger partial charge is 0.376 e. The smallest absolute Gasteiger partial charge is 0.257 e. The van der Waals surface area contributed by atoms with Crippen LogP contribution < -0.4 is 10.6 Å². The number of ether oxygens (including phenoxy) is 1. The Labute approximate surface area is 173 Å². The highest BCUT2D eigenvalue weighted by Gasteiger charge is 2.25. The van der Waals surface area contributed by atoms with E-state index in [2.05, 4.69) is 25.2 Å². The summed E-state index contributed by atoms with van der Waals surface area (Å²) in [7, 11) is 0. The second-order valence-corrected chi connectivity index (χ2v) is 7.83. The van der Waals surface area contributed by atoms with Gasteiger partial charge in [-0.2, -0.15) is 0 Å². The number of nitrogens with zero attached hydrogens (tertiary/aromatic N) is 3. The van der Waals surface area contributed by atoms with Crippen molar-refractivity contribution < 1.29 is 14.3 Å². The number of benzene rings is 1. The summed E-state index contributed by atoms with van der Waals surface area (Å²) in [5.74, 6) is -0.412. The number of anilines is 1. The van der Waals surface area contributed by atoms with Gasteiger partial charge in [0.15, 0.2) is 5.65 Å². The van der Waals surface area contributed by atoms with Crippen molar-refractivity contribution in [2.75, 3.05) is 18.5 Å². The number of aromatic nitrogens is 3. The van der Waals surface area contributed by atoms with Crippen molar-refractivity contribution in [3.05, 3.63) is 54.0 Å². The molecular weight excluding hydrogens is 382 g/mol. The Morgan fingerprint density at radius 2 is 1.90 bits per heavy atom. The fourth-order valence-corrected chi connectivity index (χ4v) is 3.69. The van der Waals surface area contributed by atoms with Gasteiger partial charge in [-0.3, -0.25) is 9.59 Å². The van der Waals surface area contributed by atoms with Crippen LogP contribution >= 0.6 is 0 Å². The fourth-order valence-electron chi connectivity index (χ4n) is 3.69. The summed E-state index contributed by atoms with van der Waals surface area (Å²) in [6.45, 7) is 1.28. The zero-order valence-corrected chi connectivity index (χ0v) is 16.5. The third-order valence-corrected chi connectivity index (χ3v) is 5.53. The van der Waals surface area contributed by atoms with Gasteiger partial charge in [-0.1, -0.05) is 0 Å². The molecule has 5 rings (SSSR count). The van der Waals surface area contributed by atoms with E-state index in [1.807, 2.05) is 0 Å². The summed E-state index contributed by atoms with van der Waals surface area (Å²) in [5.41, 5.74) is 3.13. The Hall–Kier alpha value is -3.26. The maximum Gasteiger partial charge on any atom is 0.257 e. The molecule has 154 valence electrons. The van der Waals surface area contributed by atoms with Crippen molar-refractivity contribution in [2.24, 2.45) is 0 Å². The lowest BCUT2D eigenvalue weighted by Gasteiger charge is -2.11. The molecule has 2 N–H and O–H groups in total. The van der Waals surface area contributed by atoms with E-state index in [1.165, 1.54) is 0 Å². The van der Waals surface area contributed by atoms with Gasteiger partial charge < -0.3 is 19.9 Å². The molecule has 0 spiro atoms.